The van der Waals surface area contributed by atoms with Gasteiger partial charge in [0.15, 0.2) is 0 Å². The average Bonchev–Trinajstić information content (AvgIpc) is 2.48. The Kier molecular flexibility index (Phi) is 3.81. The Morgan fingerprint density at radius 1 is 1.25 bits per heavy atom. The second-order valence-corrected chi connectivity index (χ2v) is 4.45. The summed E-state index contributed by atoms with van der Waals surface area (Å²) >= 11 is 0. The van der Waals surface area contributed by atoms with Crippen LogP contribution in [0.15, 0.2) is 42.5 Å². The van der Waals surface area contributed by atoms with Crippen LogP contribution in [0.5, 0.6) is 0 Å². The third-order valence-electron chi connectivity index (χ3n) is 3.12. The van der Waals surface area contributed by atoms with E-state index in [4.69, 9.17) is 5.26 Å². The molecule has 0 aliphatic heterocycles. The molecule has 2 aromatic rings. The summed E-state index contributed by atoms with van der Waals surface area (Å²) < 4.78 is 13.3. The van der Waals surface area contributed by atoms with E-state index < -0.39 is 5.82 Å². The molecule has 0 saturated heterocycles. The Labute approximate surface area is 116 Å². The minimum absolute atomic E-state index is 0.292. The summed E-state index contributed by atoms with van der Waals surface area (Å²) in [7, 11) is 1.57. The number of nitriles is 1. The molecule has 3 nitrogen and oxygen atoms in total. The van der Waals surface area contributed by atoms with E-state index in [1.807, 2.05) is 6.07 Å². The predicted octanol–water partition coefficient (Wildman–Crippen LogP) is 3.28. The lowest BCUT2D eigenvalue weighted by Crippen LogP contribution is -2.27. The van der Waals surface area contributed by atoms with Gasteiger partial charge >= 0.3 is 0 Å². The lowest BCUT2D eigenvalue weighted by atomic mass is 10.1. The maximum atomic E-state index is 13.3. The summed E-state index contributed by atoms with van der Waals surface area (Å²) in [6.45, 7) is 1.75. The smallest absolute Gasteiger partial charge is 0.258 e. The summed E-state index contributed by atoms with van der Waals surface area (Å²) in [5.41, 5.74) is 1.89. The van der Waals surface area contributed by atoms with E-state index in [1.165, 1.54) is 17.0 Å². The zero-order valence-electron chi connectivity index (χ0n) is 11.2. The minimum Gasteiger partial charge on any atom is -0.310 e. The van der Waals surface area contributed by atoms with Crippen LogP contribution in [0.3, 0.4) is 0 Å². The van der Waals surface area contributed by atoms with Crippen LogP contribution in [0.1, 0.15) is 21.5 Å². The maximum Gasteiger partial charge on any atom is 0.258 e. The van der Waals surface area contributed by atoms with Crippen molar-refractivity contribution in [2.45, 2.75) is 6.92 Å². The first-order valence-corrected chi connectivity index (χ1v) is 6.08. The Hall–Kier alpha value is -2.67. The van der Waals surface area contributed by atoms with Crippen molar-refractivity contribution in [3.05, 3.63) is 65.0 Å². The lowest BCUT2D eigenvalue weighted by molar-refractivity contribution is 0.0992. The van der Waals surface area contributed by atoms with Crippen molar-refractivity contribution in [2.75, 3.05) is 11.9 Å². The highest BCUT2D eigenvalue weighted by molar-refractivity contribution is 6.07. The molecule has 0 aromatic heterocycles. The summed E-state index contributed by atoms with van der Waals surface area (Å²) in [5, 5.41) is 9.07. The number of aryl methyl sites for hydroxylation is 1. The molecule has 0 heterocycles. The molecule has 0 radical (unpaired) electrons. The van der Waals surface area contributed by atoms with Gasteiger partial charge in [-0.1, -0.05) is 18.2 Å². The molecule has 0 atom stereocenters. The largest absolute Gasteiger partial charge is 0.310 e. The van der Waals surface area contributed by atoms with Gasteiger partial charge in [-0.3, -0.25) is 4.79 Å². The molecule has 20 heavy (non-hydrogen) atoms. The summed E-state index contributed by atoms with van der Waals surface area (Å²) in [6.07, 6.45) is 0. The number of halogens is 1. The van der Waals surface area contributed by atoms with Gasteiger partial charge < -0.3 is 4.90 Å². The van der Waals surface area contributed by atoms with Gasteiger partial charge in [-0.15, -0.1) is 0 Å². The number of carbonyl (C=O) groups is 1. The van der Waals surface area contributed by atoms with E-state index in [1.54, 1.807) is 44.3 Å². The number of benzene rings is 2. The number of hydrogen-bond donors (Lipinski definition) is 0. The molecule has 0 unspecified atom stereocenters. The molecule has 0 bridgehead atoms. The highest BCUT2D eigenvalue weighted by atomic mass is 19.1. The fourth-order valence-corrected chi connectivity index (χ4v) is 1.98. The van der Waals surface area contributed by atoms with Crippen LogP contribution in [-0.2, 0) is 0 Å². The molecular weight excluding hydrogens is 255 g/mol. The number of anilines is 1. The Morgan fingerprint density at radius 3 is 2.65 bits per heavy atom. The third-order valence-corrected chi connectivity index (χ3v) is 3.12. The number of para-hydroxylation sites is 1. The first kappa shape index (κ1) is 13.8. The molecule has 0 N–H and O–H groups in total. The van der Waals surface area contributed by atoms with E-state index in [2.05, 4.69) is 0 Å². The Morgan fingerprint density at radius 2 is 1.95 bits per heavy atom. The van der Waals surface area contributed by atoms with E-state index in [9.17, 15) is 9.18 Å². The van der Waals surface area contributed by atoms with Crippen LogP contribution in [0, 0.1) is 24.1 Å². The van der Waals surface area contributed by atoms with Crippen molar-refractivity contribution >= 4 is 11.6 Å². The van der Waals surface area contributed by atoms with Crippen molar-refractivity contribution in [1.82, 2.24) is 0 Å². The van der Waals surface area contributed by atoms with Crippen molar-refractivity contribution in [2.24, 2.45) is 0 Å². The monoisotopic (exact) mass is 268 g/mol. The number of carbonyl (C=O) groups excluding carboxylic acids is 1. The number of nitrogens with zero attached hydrogens (tertiary/aromatic N) is 2. The predicted molar refractivity (Wildman–Crippen MR) is 75.0 cm³/mol. The van der Waals surface area contributed by atoms with E-state index in [0.29, 0.717) is 22.4 Å². The SMILES string of the molecule is Cc1ccc(F)cc1C(=O)N(C)c1ccccc1C#N. The molecule has 0 spiro atoms. The van der Waals surface area contributed by atoms with Gasteiger partial charge in [0.2, 0.25) is 0 Å². The molecule has 0 aliphatic carbocycles. The normalized spacial score (nSPS) is 9.90. The highest BCUT2D eigenvalue weighted by Gasteiger charge is 2.18. The first-order valence-electron chi connectivity index (χ1n) is 6.08. The van der Waals surface area contributed by atoms with E-state index in [-0.39, 0.29) is 5.91 Å². The summed E-state index contributed by atoms with van der Waals surface area (Å²) in [5.74, 6) is -0.800. The fraction of sp³-hybridized carbons (Fsp3) is 0.125. The van der Waals surface area contributed by atoms with Crippen LogP contribution >= 0.6 is 0 Å². The number of hydrogen-bond acceptors (Lipinski definition) is 2. The first-order chi connectivity index (χ1) is 9.54. The van der Waals surface area contributed by atoms with Crippen LogP contribution in [0.25, 0.3) is 0 Å². The lowest BCUT2D eigenvalue weighted by Gasteiger charge is -2.19. The summed E-state index contributed by atoms with van der Waals surface area (Å²) in [6, 6.07) is 12.9. The molecular formula is C16H13FN2O. The Bertz CT molecular complexity index is 704. The molecule has 4 heteroatoms. The van der Waals surface area contributed by atoms with Crippen molar-refractivity contribution in [3.63, 3.8) is 0 Å². The molecule has 0 saturated carbocycles. The molecule has 2 aromatic carbocycles. The van der Waals surface area contributed by atoms with Crippen LogP contribution in [0.4, 0.5) is 10.1 Å². The molecule has 2 rings (SSSR count). The van der Waals surface area contributed by atoms with Gasteiger partial charge in [0, 0.05) is 12.6 Å². The number of rotatable bonds is 2. The van der Waals surface area contributed by atoms with E-state index in [0.717, 1.165) is 0 Å². The molecule has 0 fully saturated rings. The average molecular weight is 268 g/mol. The standard InChI is InChI=1S/C16H13FN2O/c1-11-7-8-13(17)9-14(11)16(20)19(2)15-6-4-3-5-12(15)10-18/h3-9H,1-2H3. The van der Waals surface area contributed by atoms with Gasteiger partial charge in [0.05, 0.1) is 11.3 Å². The number of amides is 1. The second kappa shape index (κ2) is 5.54. The van der Waals surface area contributed by atoms with Crippen molar-refractivity contribution in [3.8, 4) is 6.07 Å². The van der Waals surface area contributed by atoms with Gasteiger partial charge in [-0.25, -0.2) is 4.39 Å². The van der Waals surface area contributed by atoms with Gasteiger partial charge in [0.25, 0.3) is 5.91 Å². The quantitative estimate of drug-likeness (QED) is 0.839. The molecule has 0 aliphatic rings. The van der Waals surface area contributed by atoms with E-state index >= 15 is 0 Å². The Balaban J connectivity index is 2.43. The van der Waals surface area contributed by atoms with Crippen LogP contribution in [-0.4, -0.2) is 13.0 Å². The van der Waals surface area contributed by atoms with Crippen molar-refractivity contribution < 1.29 is 9.18 Å². The van der Waals surface area contributed by atoms with Crippen LogP contribution in [0.2, 0.25) is 0 Å². The van der Waals surface area contributed by atoms with Crippen LogP contribution < -0.4 is 4.90 Å². The third kappa shape index (κ3) is 2.52. The minimum atomic E-state index is -0.457. The van der Waals surface area contributed by atoms with Crippen molar-refractivity contribution in [1.29, 1.82) is 5.26 Å². The topological polar surface area (TPSA) is 44.1 Å². The van der Waals surface area contributed by atoms with Gasteiger partial charge in [0.1, 0.15) is 11.9 Å². The molecule has 1 amide bonds. The molecule has 100 valence electrons. The fourth-order valence-electron chi connectivity index (χ4n) is 1.98. The zero-order valence-corrected chi connectivity index (χ0v) is 11.2. The second-order valence-electron chi connectivity index (χ2n) is 4.45. The summed E-state index contributed by atoms with van der Waals surface area (Å²) in [4.78, 5) is 13.8. The highest BCUT2D eigenvalue weighted by Crippen LogP contribution is 2.21. The van der Waals surface area contributed by atoms with Gasteiger partial charge in [-0.2, -0.15) is 5.26 Å². The van der Waals surface area contributed by atoms with Gasteiger partial charge in [-0.05, 0) is 36.8 Å². The maximum absolute atomic E-state index is 13.3. The zero-order chi connectivity index (χ0) is 14.7.